The van der Waals surface area contributed by atoms with Crippen LogP contribution in [0.4, 0.5) is 0 Å². The third-order valence-corrected chi connectivity index (χ3v) is 5.45. The number of nitrogens with one attached hydrogen (secondary N) is 1. The average molecular weight is 347 g/mol. The van der Waals surface area contributed by atoms with Crippen LogP contribution in [0.15, 0.2) is 30.5 Å². The second kappa shape index (κ2) is 6.18. The Hall–Kier alpha value is -1.92. The number of amides is 1. The van der Waals surface area contributed by atoms with Crippen molar-refractivity contribution in [2.45, 2.75) is 24.4 Å². The molecule has 6 nitrogen and oxygen atoms in total. The summed E-state index contributed by atoms with van der Waals surface area (Å²) in [5, 5.41) is 11.4. The summed E-state index contributed by atoms with van der Waals surface area (Å²) in [6.45, 7) is 1.22. The minimum Gasteiger partial charge on any atom is -0.379 e. The Balaban J connectivity index is 1.46. The zero-order valence-corrected chi connectivity index (χ0v) is 14.1. The maximum absolute atomic E-state index is 12.9. The van der Waals surface area contributed by atoms with Crippen molar-refractivity contribution in [2.75, 3.05) is 20.2 Å². The molecule has 4 atom stereocenters. The van der Waals surface area contributed by atoms with E-state index in [4.69, 9.17) is 16.3 Å². The van der Waals surface area contributed by atoms with Crippen LogP contribution in [-0.4, -0.2) is 52.5 Å². The number of nitrogens with zero attached hydrogens (tertiary/aromatic N) is 3. The van der Waals surface area contributed by atoms with Gasteiger partial charge in [0, 0.05) is 31.1 Å². The van der Waals surface area contributed by atoms with Crippen LogP contribution in [0.2, 0.25) is 5.02 Å². The monoisotopic (exact) mass is 346 g/mol. The quantitative estimate of drug-likeness (QED) is 0.921. The van der Waals surface area contributed by atoms with Gasteiger partial charge in [0.1, 0.15) is 0 Å². The van der Waals surface area contributed by atoms with Crippen LogP contribution >= 0.6 is 11.6 Å². The van der Waals surface area contributed by atoms with E-state index >= 15 is 0 Å². The molecular weight excluding hydrogens is 328 g/mol. The van der Waals surface area contributed by atoms with Gasteiger partial charge < -0.3 is 9.64 Å². The second-order valence-corrected chi connectivity index (χ2v) is 6.90. The van der Waals surface area contributed by atoms with Crippen molar-refractivity contribution in [1.82, 2.24) is 20.3 Å². The summed E-state index contributed by atoms with van der Waals surface area (Å²) in [5.74, 6) is 0.514. The highest BCUT2D eigenvalue weighted by Gasteiger charge is 2.49. The Morgan fingerprint density at radius 3 is 2.88 bits per heavy atom. The van der Waals surface area contributed by atoms with E-state index in [1.165, 1.54) is 0 Å². The lowest BCUT2D eigenvalue weighted by Gasteiger charge is -2.16. The maximum atomic E-state index is 12.9. The third-order valence-electron chi connectivity index (χ3n) is 5.11. The van der Waals surface area contributed by atoms with E-state index in [2.05, 4.69) is 15.4 Å². The lowest BCUT2D eigenvalue weighted by molar-refractivity contribution is -0.132. The highest BCUT2D eigenvalue weighted by atomic mass is 35.5. The number of halogens is 1. The molecule has 1 aromatic carbocycles. The summed E-state index contributed by atoms with van der Waals surface area (Å²) in [4.78, 5) is 14.8. The fourth-order valence-electron chi connectivity index (χ4n) is 3.69. The van der Waals surface area contributed by atoms with Crippen LogP contribution in [0.1, 0.15) is 29.5 Å². The molecule has 1 aliphatic carbocycles. The highest BCUT2D eigenvalue weighted by Crippen LogP contribution is 2.51. The first-order chi connectivity index (χ1) is 11.7. The number of ether oxygens (including phenoxy) is 1. The summed E-state index contributed by atoms with van der Waals surface area (Å²) < 4.78 is 5.56. The number of likely N-dealkylation sites (tertiary alicyclic amines) is 1. The van der Waals surface area contributed by atoms with Gasteiger partial charge in [-0.2, -0.15) is 15.4 Å². The predicted octanol–water partition coefficient (Wildman–Crippen LogP) is 2.20. The molecule has 2 aliphatic rings. The normalized spacial score (nSPS) is 29.0. The molecule has 0 spiro atoms. The fourth-order valence-corrected chi connectivity index (χ4v) is 3.96. The molecule has 1 aromatic heterocycles. The van der Waals surface area contributed by atoms with E-state index in [-0.39, 0.29) is 29.8 Å². The average Bonchev–Trinajstić information content (AvgIpc) is 3.00. The molecule has 2 heterocycles. The molecule has 0 radical (unpaired) electrons. The lowest BCUT2D eigenvalue weighted by atomic mass is 10.0. The van der Waals surface area contributed by atoms with Gasteiger partial charge in [-0.05, 0) is 24.0 Å². The maximum Gasteiger partial charge on any atom is 0.226 e. The molecule has 1 aliphatic heterocycles. The Kier molecular flexibility index (Phi) is 4.02. The van der Waals surface area contributed by atoms with Crippen molar-refractivity contribution in [3.05, 3.63) is 46.7 Å². The van der Waals surface area contributed by atoms with Gasteiger partial charge in [0.15, 0.2) is 0 Å². The summed E-state index contributed by atoms with van der Waals surface area (Å²) in [5.41, 5.74) is 1.92. The number of aromatic nitrogens is 3. The van der Waals surface area contributed by atoms with Gasteiger partial charge >= 0.3 is 0 Å². The number of rotatable bonds is 4. The molecule has 1 N–H and O–H groups in total. The van der Waals surface area contributed by atoms with Crippen molar-refractivity contribution >= 4 is 17.5 Å². The van der Waals surface area contributed by atoms with Crippen LogP contribution in [-0.2, 0) is 9.53 Å². The highest BCUT2D eigenvalue weighted by molar-refractivity contribution is 6.31. The molecule has 7 heteroatoms. The van der Waals surface area contributed by atoms with Crippen molar-refractivity contribution in [3.8, 4) is 0 Å². The van der Waals surface area contributed by atoms with Gasteiger partial charge in [0.05, 0.1) is 23.9 Å². The summed E-state index contributed by atoms with van der Waals surface area (Å²) in [6, 6.07) is 7.78. The number of hydrogen-bond donors (Lipinski definition) is 1. The largest absolute Gasteiger partial charge is 0.379 e. The van der Waals surface area contributed by atoms with Crippen LogP contribution in [0.3, 0.4) is 0 Å². The molecule has 1 saturated carbocycles. The van der Waals surface area contributed by atoms with Crippen molar-refractivity contribution in [1.29, 1.82) is 0 Å². The zero-order valence-electron chi connectivity index (χ0n) is 13.4. The minimum atomic E-state index is -0.0448. The zero-order chi connectivity index (χ0) is 16.7. The number of hydrogen-bond acceptors (Lipinski definition) is 4. The summed E-state index contributed by atoms with van der Waals surface area (Å²) in [6.07, 6.45) is 2.52. The molecule has 0 unspecified atom stereocenters. The van der Waals surface area contributed by atoms with Crippen LogP contribution in [0, 0.1) is 5.92 Å². The smallest absolute Gasteiger partial charge is 0.226 e. The minimum absolute atomic E-state index is 0.0264. The first kappa shape index (κ1) is 15.6. The van der Waals surface area contributed by atoms with Crippen molar-refractivity contribution in [3.63, 3.8) is 0 Å². The number of H-pyrrole nitrogens is 1. The molecule has 2 fully saturated rings. The first-order valence-corrected chi connectivity index (χ1v) is 8.48. The van der Waals surface area contributed by atoms with Crippen molar-refractivity contribution < 1.29 is 9.53 Å². The molecule has 126 valence electrons. The molecule has 4 rings (SSSR count). The Morgan fingerprint density at radius 1 is 1.33 bits per heavy atom. The molecule has 1 saturated heterocycles. The van der Waals surface area contributed by atoms with E-state index < -0.39 is 0 Å². The van der Waals surface area contributed by atoms with Gasteiger partial charge in [-0.25, -0.2) is 0 Å². The molecule has 24 heavy (non-hydrogen) atoms. The second-order valence-electron chi connectivity index (χ2n) is 6.49. The first-order valence-electron chi connectivity index (χ1n) is 8.10. The number of carbonyl (C=O) groups excluding carboxylic acids is 1. The van der Waals surface area contributed by atoms with Gasteiger partial charge in [-0.3, -0.25) is 4.79 Å². The summed E-state index contributed by atoms with van der Waals surface area (Å²) in [7, 11) is 1.68. The molecule has 0 bridgehead atoms. The van der Waals surface area contributed by atoms with E-state index in [1.807, 2.05) is 29.2 Å². The Morgan fingerprint density at radius 2 is 2.17 bits per heavy atom. The van der Waals surface area contributed by atoms with Gasteiger partial charge in [-0.15, -0.1) is 0 Å². The van der Waals surface area contributed by atoms with E-state index in [0.29, 0.717) is 13.1 Å². The van der Waals surface area contributed by atoms with Gasteiger partial charge in [0.2, 0.25) is 5.91 Å². The number of benzene rings is 1. The van der Waals surface area contributed by atoms with E-state index in [1.54, 1.807) is 13.3 Å². The standard InChI is InChI=1S/C17H19ClN4O2/c1-24-16-9-22(8-13(16)15-7-19-21-20-15)17(23)12-6-11(12)10-4-2-3-5-14(10)18/h2-5,7,11-13,16H,6,8-9H2,1H3,(H,19,20,21)/t11-,12+,13-,16+/m0/s1. The van der Waals surface area contributed by atoms with Gasteiger partial charge in [-0.1, -0.05) is 29.8 Å². The number of carbonyl (C=O) groups is 1. The van der Waals surface area contributed by atoms with Crippen molar-refractivity contribution in [2.24, 2.45) is 5.92 Å². The van der Waals surface area contributed by atoms with E-state index in [9.17, 15) is 4.79 Å². The molecule has 2 aromatic rings. The lowest BCUT2D eigenvalue weighted by Crippen LogP contribution is -2.31. The van der Waals surface area contributed by atoms with Crippen LogP contribution in [0.25, 0.3) is 0 Å². The fraction of sp³-hybridized carbons (Fsp3) is 0.471. The van der Waals surface area contributed by atoms with E-state index in [0.717, 1.165) is 22.7 Å². The number of aromatic amines is 1. The summed E-state index contributed by atoms with van der Waals surface area (Å²) >= 11 is 6.26. The Labute approximate surface area is 145 Å². The van der Waals surface area contributed by atoms with Crippen LogP contribution < -0.4 is 0 Å². The van der Waals surface area contributed by atoms with Crippen LogP contribution in [0.5, 0.6) is 0 Å². The number of methoxy groups -OCH3 is 1. The molecular formula is C17H19ClN4O2. The predicted molar refractivity (Wildman–Crippen MR) is 88.8 cm³/mol. The third kappa shape index (κ3) is 2.70. The SMILES string of the molecule is CO[C@@H]1CN(C(=O)[C@@H]2C[C@H]2c2ccccc2Cl)C[C@H]1c1cn[nH]n1. The van der Waals surface area contributed by atoms with Gasteiger partial charge in [0.25, 0.3) is 0 Å². The Bertz CT molecular complexity index is 736. The molecule has 1 amide bonds. The topological polar surface area (TPSA) is 71.1 Å².